The van der Waals surface area contributed by atoms with Gasteiger partial charge < -0.3 is 4.90 Å². The molecule has 0 radical (unpaired) electrons. The van der Waals surface area contributed by atoms with Gasteiger partial charge in [-0.15, -0.1) is 0 Å². The lowest BCUT2D eigenvalue weighted by atomic mass is 10.1. The predicted octanol–water partition coefficient (Wildman–Crippen LogP) is 7.09. The van der Waals surface area contributed by atoms with Crippen LogP contribution in [0.3, 0.4) is 0 Å². The molecule has 0 aromatic heterocycles. The maximum Gasteiger partial charge on any atom is 0.130 e. The highest BCUT2D eigenvalue weighted by Crippen LogP contribution is 2.13. The molecule has 0 fully saturated rings. The van der Waals surface area contributed by atoms with Crippen molar-refractivity contribution in [2.45, 2.75) is 90.9 Å². The minimum Gasteiger partial charge on any atom is -0.356 e. The molecule has 0 aliphatic heterocycles. The fourth-order valence-electron chi connectivity index (χ4n) is 3.53. The Labute approximate surface area is 163 Å². The van der Waals surface area contributed by atoms with Crippen LogP contribution in [-0.4, -0.2) is 30.9 Å². The standard InChI is InChI=1S/C24H42N2/c1-4-6-8-10-12-17-21-26(22-18-13-11-9-7-5-2)24(25-3)23-19-15-14-16-20-23/h14-16,19-20H,4-13,17-18,21-22H2,1-3H3. The summed E-state index contributed by atoms with van der Waals surface area (Å²) in [5.74, 6) is 1.17. The first-order valence-electron chi connectivity index (χ1n) is 11.1. The van der Waals surface area contributed by atoms with Crippen molar-refractivity contribution < 1.29 is 0 Å². The molecule has 2 heteroatoms. The number of unbranched alkanes of at least 4 members (excludes halogenated alkanes) is 10. The molecule has 26 heavy (non-hydrogen) atoms. The highest BCUT2D eigenvalue weighted by Gasteiger charge is 2.12. The molecule has 148 valence electrons. The van der Waals surface area contributed by atoms with E-state index in [4.69, 9.17) is 0 Å². The lowest BCUT2D eigenvalue weighted by Gasteiger charge is -2.26. The summed E-state index contributed by atoms with van der Waals surface area (Å²) in [5, 5.41) is 0. The van der Waals surface area contributed by atoms with Gasteiger partial charge in [-0.25, -0.2) is 0 Å². The maximum atomic E-state index is 4.66. The third kappa shape index (κ3) is 9.99. The molecule has 1 aromatic carbocycles. The van der Waals surface area contributed by atoms with E-state index in [1.165, 1.54) is 88.4 Å². The fraction of sp³-hybridized carbons (Fsp3) is 0.708. The molecule has 0 atom stereocenters. The zero-order chi connectivity index (χ0) is 18.9. The fourth-order valence-corrected chi connectivity index (χ4v) is 3.53. The van der Waals surface area contributed by atoms with Crippen LogP contribution < -0.4 is 0 Å². The van der Waals surface area contributed by atoms with Gasteiger partial charge in [-0.05, 0) is 12.8 Å². The minimum atomic E-state index is 1.14. The molecule has 0 N–H and O–H groups in total. The third-order valence-corrected chi connectivity index (χ3v) is 5.11. The number of amidine groups is 1. The van der Waals surface area contributed by atoms with Crippen LogP contribution in [0.1, 0.15) is 96.5 Å². The van der Waals surface area contributed by atoms with Gasteiger partial charge in [0.1, 0.15) is 5.84 Å². The summed E-state index contributed by atoms with van der Waals surface area (Å²) < 4.78 is 0. The molecule has 1 aromatic rings. The Kier molecular flexibility index (Phi) is 13.9. The van der Waals surface area contributed by atoms with Gasteiger partial charge in [0.2, 0.25) is 0 Å². The topological polar surface area (TPSA) is 15.6 Å². The number of aliphatic imine (C=N–C) groups is 1. The second-order valence-electron chi connectivity index (χ2n) is 7.44. The van der Waals surface area contributed by atoms with Gasteiger partial charge in [0.05, 0.1) is 0 Å². The lowest BCUT2D eigenvalue weighted by Crippen LogP contribution is -2.33. The first kappa shape index (κ1) is 22.7. The number of hydrogen-bond acceptors (Lipinski definition) is 1. The zero-order valence-corrected chi connectivity index (χ0v) is 17.7. The molecule has 1 rings (SSSR count). The third-order valence-electron chi connectivity index (χ3n) is 5.11. The van der Waals surface area contributed by atoms with E-state index in [0.29, 0.717) is 0 Å². The van der Waals surface area contributed by atoms with E-state index in [9.17, 15) is 0 Å². The van der Waals surface area contributed by atoms with Gasteiger partial charge in [0.25, 0.3) is 0 Å². The molecule has 0 saturated heterocycles. The molecular weight excluding hydrogens is 316 g/mol. The highest BCUT2D eigenvalue weighted by molar-refractivity contribution is 5.98. The van der Waals surface area contributed by atoms with E-state index < -0.39 is 0 Å². The average molecular weight is 359 g/mol. The van der Waals surface area contributed by atoms with E-state index in [-0.39, 0.29) is 0 Å². The van der Waals surface area contributed by atoms with E-state index in [2.05, 4.69) is 54.1 Å². The number of rotatable bonds is 15. The Morgan fingerprint density at radius 3 is 1.62 bits per heavy atom. The van der Waals surface area contributed by atoms with Crippen LogP contribution in [0.5, 0.6) is 0 Å². The van der Waals surface area contributed by atoms with Crippen LogP contribution in [0.15, 0.2) is 35.3 Å². The number of nitrogens with zero attached hydrogens (tertiary/aromatic N) is 2. The van der Waals surface area contributed by atoms with Gasteiger partial charge in [-0.3, -0.25) is 4.99 Å². The van der Waals surface area contributed by atoms with Gasteiger partial charge in [0, 0.05) is 25.7 Å². The zero-order valence-electron chi connectivity index (χ0n) is 17.7. The summed E-state index contributed by atoms with van der Waals surface area (Å²) >= 11 is 0. The molecule has 0 unspecified atom stereocenters. The van der Waals surface area contributed by atoms with E-state index >= 15 is 0 Å². The van der Waals surface area contributed by atoms with Crippen molar-refractivity contribution in [1.82, 2.24) is 4.90 Å². The van der Waals surface area contributed by atoms with Crippen molar-refractivity contribution in [2.24, 2.45) is 4.99 Å². The van der Waals surface area contributed by atoms with Gasteiger partial charge >= 0.3 is 0 Å². The molecule has 0 bridgehead atoms. The van der Waals surface area contributed by atoms with Crippen LogP contribution in [0.2, 0.25) is 0 Å². The lowest BCUT2D eigenvalue weighted by molar-refractivity contribution is 0.384. The summed E-state index contributed by atoms with van der Waals surface area (Å²) in [4.78, 5) is 7.19. The normalized spacial score (nSPS) is 11.7. The van der Waals surface area contributed by atoms with Crippen molar-refractivity contribution in [3.63, 3.8) is 0 Å². The Balaban J connectivity index is 2.51. The molecule has 0 amide bonds. The van der Waals surface area contributed by atoms with Crippen molar-refractivity contribution in [1.29, 1.82) is 0 Å². The SMILES string of the molecule is CCCCCCCCN(CCCCCCCC)C(=NC)c1ccccc1. The maximum absolute atomic E-state index is 4.66. The van der Waals surface area contributed by atoms with E-state index in [1.54, 1.807) is 0 Å². The quantitative estimate of drug-likeness (QED) is 0.186. The Morgan fingerprint density at radius 2 is 1.15 bits per heavy atom. The van der Waals surface area contributed by atoms with Crippen LogP contribution in [0.4, 0.5) is 0 Å². The second-order valence-corrected chi connectivity index (χ2v) is 7.44. The van der Waals surface area contributed by atoms with Crippen LogP contribution in [0, 0.1) is 0 Å². The van der Waals surface area contributed by atoms with Crippen molar-refractivity contribution in [2.75, 3.05) is 20.1 Å². The van der Waals surface area contributed by atoms with Crippen molar-refractivity contribution >= 4 is 5.84 Å². The highest BCUT2D eigenvalue weighted by atomic mass is 15.2. The monoisotopic (exact) mass is 358 g/mol. The Bertz CT molecular complexity index is 437. The largest absolute Gasteiger partial charge is 0.356 e. The summed E-state index contributed by atoms with van der Waals surface area (Å²) in [6, 6.07) is 10.7. The molecule has 0 spiro atoms. The number of hydrogen-bond donors (Lipinski definition) is 0. The van der Waals surface area contributed by atoms with E-state index in [0.717, 1.165) is 13.1 Å². The predicted molar refractivity (Wildman–Crippen MR) is 117 cm³/mol. The summed E-state index contributed by atoms with van der Waals surface area (Å²) in [6.07, 6.45) is 16.2. The summed E-state index contributed by atoms with van der Waals surface area (Å²) in [6.45, 7) is 6.85. The van der Waals surface area contributed by atoms with Crippen LogP contribution in [0.25, 0.3) is 0 Å². The molecule has 0 aliphatic carbocycles. The van der Waals surface area contributed by atoms with Crippen molar-refractivity contribution in [3.8, 4) is 0 Å². The molecule has 0 aliphatic rings. The minimum absolute atomic E-state index is 1.14. The average Bonchev–Trinajstić information content (AvgIpc) is 2.68. The second kappa shape index (κ2) is 15.9. The van der Waals surface area contributed by atoms with Crippen LogP contribution >= 0.6 is 0 Å². The van der Waals surface area contributed by atoms with Crippen molar-refractivity contribution in [3.05, 3.63) is 35.9 Å². The van der Waals surface area contributed by atoms with Gasteiger partial charge in [-0.1, -0.05) is 108 Å². The van der Waals surface area contributed by atoms with Gasteiger partial charge in [0.15, 0.2) is 0 Å². The smallest absolute Gasteiger partial charge is 0.130 e. The first-order valence-corrected chi connectivity index (χ1v) is 11.1. The van der Waals surface area contributed by atoms with E-state index in [1.807, 2.05) is 7.05 Å². The Morgan fingerprint density at radius 1 is 0.692 bits per heavy atom. The van der Waals surface area contributed by atoms with Gasteiger partial charge in [-0.2, -0.15) is 0 Å². The summed E-state index contributed by atoms with van der Waals surface area (Å²) in [5.41, 5.74) is 1.26. The first-order chi connectivity index (χ1) is 12.8. The molecule has 0 heterocycles. The molecule has 2 nitrogen and oxygen atoms in total. The molecular formula is C24H42N2. The Hall–Kier alpha value is -1.31. The van der Waals surface area contributed by atoms with Crippen LogP contribution in [-0.2, 0) is 0 Å². The molecule has 0 saturated carbocycles. The number of benzene rings is 1. The summed E-state index contributed by atoms with van der Waals surface area (Å²) in [7, 11) is 1.94.